The molecular weight excluding hydrogens is 300 g/mol. The summed E-state index contributed by atoms with van der Waals surface area (Å²) in [5, 5.41) is 5.09. The molecule has 0 bridgehead atoms. The highest BCUT2D eigenvalue weighted by Gasteiger charge is 2.15. The smallest absolute Gasteiger partial charge is 0.272 e. The van der Waals surface area contributed by atoms with Gasteiger partial charge in [-0.2, -0.15) is 0 Å². The summed E-state index contributed by atoms with van der Waals surface area (Å²) < 4.78 is 52.4. The van der Waals surface area contributed by atoms with Gasteiger partial charge in [0.2, 0.25) is 10.0 Å². The maximum absolute atomic E-state index is 12.3. The minimum atomic E-state index is -3.89. The quantitative estimate of drug-likeness (QED) is 0.922. The second-order valence-electron chi connectivity index (χ2n) is 4.27. The fraction of sp³-hybridized carbons (Fsp3) is 0.143. The fourth-order valence-electron chi connectivity index (χ4n) is 1.81. The van der Waals surface area contributed by atoms with Crippen molar-refractivity contribution in [2.45, 2.75) is 11.3 Å². The van der Waals surface area contributed by atoms with Crippen LogP contribution in [-0.2, 0) is 10.0 Å². The largest absolute Gasteiger partial charge is 0.487 e. The summed E-state index contributed by atoms with van der Waals surface area (Å²) in [6, 6.07) is 12.6. The first-order valence-electron chi connectivity index (χ1n) is 6.01. The van der Waals surface area contributed by atoms with E-state index in [4.69, 9.17) is 9.88 Å². The normalized spacial score (nSPS) is 11.6. The molecular formula is C14H13F2NO3S. The highest BCUT2D eigenvalue weighted by Crippen LogP contribution is 2.32. The van der Waals surface area contributed by atoms with Gasteiger partial charge in [-0.15, -0.1) is 0 Å². The standard InChI is InChI=1S/C14H13F2NO3S/c15-14(16)9-20-13-7-6-11(21(17,18)19)8-12(13)10-4-2-1-3-5-10/h1-8,14H,9H2,(H2,17,18,19). The molecule has 112 valence electrons. The van der Waals surface area contributed by atoms with Crippen LogP contribution in [0.25, 0.3) is 11.1 Å². The SMILES string of the molecule is NS(=O)(=O)c1ccc(OCC(F)F)c(-c2ccccc2)c1. The average Bonchev–Trinajstić information content (AvgIpc) is 2.45. The third-order valence-electron chi connectivity index (χ3n) is 2.73. The zero-order valence-corrected chi connectivity index (χ0v) is 11.7. The van der Waals surface area contributed by atoms with E-state index in [1.807, 2.05) is 0 Å². The van der Waals surface area contributed by atoms with Crippen LogP contribution in [0.3, 0.4) is 0 Å². The lowest BCUT2D eigenvalue weighted by Gasteiger charge is -2.12. The Bertz CT molecular complexity index is 718. The topological polar surface area (TPSA) is 69.4 Å². The first kappa shape index (κ1) is 15.4. The summed E-state index contributed by atoms with van der Waals surface area (Å²) >= 11 is 0. The van der Waals surface area contributed by atoms with Crippen LogP contribution in [0.2, 0.25) is 0 Å². The van der Waals surface area contributed by atoms with Crippen LogP contribution in [0.5, 0.6) is 5.75 Å². The highest BCUT2D eigenvalue weighted by molar-refractivity contribution is 7.89. The summed E-state index contributed by atoms with van der Waals surface area (Å²) in [5.74, 6) is 0.175. The second kappa shape index (κ2) is 6.19. The molecule has 0 aliphatic heterocycles. The summed E-state index contributed by atoms with van der Waals surface area (Å²) in [7, 11) is -3.89. The molecule has 0 saturated carbocycles. The van der Waals surface area contributed by atoms with Gasteiger partial charge in [0.15, 0.2) is 0 Å². The van der Waals surface area contributed by atoms with Crippen molar-refractivity contribution in [1.29, 1.82) is 0 Å². The Balaban J connectivity index is 2.50. The summed E-state index contributed by atoms with van der Waals surface area (Å²) in [6.45, 7) is -0.769. The third kappa shape index (κ3) is 3.99. The molecule has 2 N–H and O–H groups in total. The first-order valence-corrected chi connectivity index (χ1v) is 7.56. The van der Waals surface area contributed by atoms with Crippen LogP contribution in [0, 0.1) is 0 Å². The number of rotatable bonds is 5. The number of hydrogen-bond donors (Lipinski definition) is 1. The lowest BCUT2D eigenvalue weighted by Crippen LogP contribution is -2.13. The summed E-state index contributed by atoms with van der Waals surface area (Å²) in [4.78, 5) is -0.106. The van der Waals surface area contributed by atoms with E-state index in [-0.39, 0.29) is 10.6 Å². The zero-order valence-electron chi connectivity index (χ0n) is 10.9. The van der Waals surface area contributed by atoms with Crippen LogP contribution in [-0.4, -0.2) is 21.5 Å². The van der Waals surface area contributed by atoms with Gasteiger partial charge in [-0.05, 0) is 23.8 Å². The molecule has 2 aromatic carbocycles. The van der Waals surface area contributed by atoms with Gasteiger partial charge in [0.1, 0.15) is 12.4 Å². The van der Waals surface area contributed by atoms with E-state index in [1.54, 1.807) is 30.3 Å². The molecule has 2 rings (SSSR count). The van der Waals surface area contributed by atoms with Crippen molar-refractivity contribution in [3.63, 3.8) is 0 Å². The van der Waals surface area contributed by atoms with E-state index >= 15 is 0 Å². The van der Waals surface area contributed by atoms with Gasteiger partial charge in [0, 0.05) is 5.56 Å². The average molecular weight is 313 g/mol. The Morgan fingerprint density at radius 3 is 2.33 bits per heavy atom. The molecule has 0 atom stereocenters. The Hall–Kier alpha value is -1.99. The molecule has 0 aliphatic rings. The maximum Gasteiger partial charge on any atom is 0.272 e. The van der Waals surface area contributed by atoms with E-state index in [9.17, 15) is 17.2 Å². The maximum atomic E-state index is 12.3. The first-order chi connectivity index (χ1) is 9.88. The minimum Gasteiger partial charge on any atom is -0.487 e. The molecule has 0 aromatic heterocycles. The fourth-order valence-corrected chi connectivity index (χ4v) is 2.35. The van der Waals surface area contributed by atoms with Gasteiger partial charge < -0.3 is 4.74 Å². The summed E-state index contributed by atoms with van der Waals surface area (Å²) in [6.07, 6.45) is -2.62. The van der Waals surface area contributed by atoms with Crippen LogP contribution in [0.1, 0.15) is 0 Å². The van der Waals surface area contributed by atoms with Crippen LogP contribution < -0.4 is 9.88 Å². The Labute approximate surface area is 121 Å². The van der Waals surface area contributed by atoms with E-state index in [1.165, 1.54) is 18.2 Å². The van der Waals surface area contributed by atoms with Crippen LogP contribution >= 0.6 is 0 Å². The number of ether oxygens (including phenoxy) is 1. The molecule has 21 heavy (non-hydrogen) atoms. The van der Waals surface area contributed by atoms with Crippen molar-refractivity contribution in [3.05, 3.63) is 48.5 Å². The molecule has 0 aliphatic carbocycles. The van der Waals surface area contributed by atoms with Gasteiger partial charge >= 0.3 is 0 Å². The number of halogens is 2. The van der Waals surface area contributed by atoms with E-state index in [0.29, 0.717) is 11.1 Å². The van der Waals surface area contributed by atoms with Gasteiger partial charge in [-0.3, -0.25) is 0 Å². The third-order valence-corrected chi connectivity index (χ3v) is 3.64. The lowest BCUT2D eigenvalue weighted by molar-refractivity contribution is 0.0821. The predicted molar refractivity (Wildman–Crippen MR) is 74.8 cm³/mol. The van der Waals surface area contributed by atoms with E-state index in [0.717, 1.165) is 0 Å². The number of sulfonamides is 1. The van der Waals surface area contributed by atoms with Crippen molar-refractivity contribution in [3.8, 4) is 16.9 Å². The monoisotopic (exact) mass is 313 g/mol. The van der Waals surface area contributed by atoms with Crippen LogP contribution in [0.4, 0.5) is 8.78 Å². The van der Waals surface area contributed by atoms with Crippen molar-refractivity contribution in [2.75, 3.05) is 6.61 Å². The van der Waals surface area contributed by atoms with Gasteiger partial charge in [0.05, 0.1) is 4.90 Å². The second-order valence-corrected chi connectivity index (χ2v) is 5.83. The lowest BCUT2D eigenvalue weighted by atomic mass is 10.0. The molecule has 0 heterocycles. The minimum absolute atomic E-state index is 0.106. The van der Waals surface area contributed by atoms with E-state index in [2.05, 4.69) is 0 Å². The Morgan fingerprint density at radius 2 is 1.76 bits per heavy atom. The number of nitrogens with two attached hydrogens (primary N) is 1. The van der Waals surface area contributed by atoms with Crippen molar-refractivity contribution in [2.24, 2.45) is 5.14 Å². The molecule has 0 saturated heterocycles. The molecule has 4 nitrogen and oxygen atoms in total. The van der Waals surface area contributed by atoms with Crippen LogP contribution in [0.15, 0.2) is 53.4 Å². The Morgan fingerprint density at radius 1 is 1.10 bits per heavy atom. The molecule has 0 spiro atoms. The van der Waals surface area contributed by atoms with Gasteiger partial charge in [-0.25, -0.2) is 22.3 Å². The van der Waals surface area contributed by atoms with Crippen molar-refractivity contribution < 1.29 is 21.9 Å². The number of hydrogen-bond acceptors (Lipinski definition) is 3. The number of primary sulfonamides is 1. The van der Waals surface area contributed by atoms with Crippen molar-refractivity contribution in [1.82, 2.24) is 0 Å². The zero-order chi connectivity index (χ0) is 15.5. The van der Waals surface area contributed by atoms with Gasteiger partial charge in [0.25, 0.3) is 6.43 Å². The van der Waals surface area contributed by atoms with Crippen molar-refractivity contribution >= 4 is 10.0 Å². The molecule has 0 amide bonds. The number of benzene rings is 2. The predicted octanol–water partition coefficient (Wildman–Crippen LogP) is 2.64. The highest BCUT2D eigenvalue weighted by atomic mass is 32.2. The molecule has 7 heteroatoms. The Kier molecular flexibility index (Phi) is 4.54. The molecule has 0 unspecified atom stereocenters. The molecule has 0 radical (unpaired) electrons. The molecule has 0 fully saturated rings. The summed E-state index contributed by atoms with van der Waals surface area (Å²) in [5.41, 5.74) is 1.04. The number of alkyl halides is 2. The molecule has 2 aromatic rings. The van der Waals surface area contributed by atoms with E-state index < -0.39 is 23.1 Å². The van der Waals surface area contributed by atoms with Gasteiger partial charge in [-0.1, -0.05) is 30.3 Å².